The average Bonchev–Trinajstić information content (AvgIpc) is 2.76. The minimum absolute atomic E-state index is 0. The largest absolute Gasteiger partial charge is 0.504 e. The molecule has 0 aromatic heterocycles. The lowest BCUT2D eigenvalue weighted by atomic mass is 9.77. The minimum Gasteiger partial charge on any atom is -0.504 e. The molecule has 18 heavy (non-hydrogen) atoms. The molecule has 3 rings (SSSR count). The highest BCUT2D eigenvalue weighted by Gasteiger charge is 2.37. The van der Waals surface area contributed by atoms with E-state index in [2.05, 4.69) is 11.8 Å². The smallest absolute Gasteiger partial charge is 0.160 e. The van der Waals surface area contributed by atoms with E-state index >= 15 is 0 Å². The van der Waals surface area contributed by atoms with E-state index in [0.717, 1.165) is 37.4 Å². The summed E-state index contributed by atoms with van der Waals surface area (Å²) in [6, 6.07) is 3.63. The average molecular weight is 314 g/mol. The lowest BCUT2D eigenvalue weighted by Crippen LogP contribution is -2.19. The van der Waals surface area contributed by atoms with Gasteiger partial charge in [-0.2, -0.15) is 0 Å². The molecule has 2 atom stereocenters. The Morgan fingerprint density at radius 1 is 1.28 bits per heavy atom. The van der Waals surface area contributed by atoms with Gasteiger partial charge in [0.05, 0.1) is 0 Å². The summed E-state index contributed by atoms with van der Waals surface area (Å²) >= 11 is 0. The number of aromatic hydroxyl groups is 2. The summed E-state index contributed by atoms with van der Waals surface area (Å²) in [5.74, 6) is 1.40. The molecule has 0 saturated carbocycles. The van der Waals surface area contributed by atoms with Crippen LogP contribution in [0.4, 0.5) is 0 Å². The SMILES string of the molecule is Br.CCN1C[C@H]2CCc3c(ccc(O)c3O)[C@@H]2C1. The van der Waals surface area contributed by atoms with Gasteiger partial charge in [-0.3, -0.25) is 0 Å². The minimum atomic E-state index is 0. The van der Waals surface area contributed by atoms with E-state index in [-0.39, 0.29) is 28.5 Å². The van der Waals surface area contributed by atoms with Crippen molar-refractivity contribution in [3.05, 3.63) is 23.3 Å². The lowest BCUT2D eigenvalue weighted by molar-refractivity contribution is 0.337. The van der Waals surface area contributed by atoms with Gasteiger partial charge in [-0.05, 0) is 36.9 Å². The quantitative estimate of drug-likeness (QED) is 0.783. The number of fused-ring (bicyclic) bond motifs is 3. The first-order chi connectivity index (χ1) is 8.20. The molecule has 0 amide bonds. The van der Waals surface area contributed by atoms with Gasteiger partial charge >= 0.3 is 0 Å². The van der Waals surface area contributed by atoms with Crippen LogP contribution in [0.15, 0.2) is 12.1 Å². The molecule has 1 saturated heterocycles. The van der Waals surface area contributed by atoms with Crippen LogP contribution >= 0.6 is 17.0 Å². The molecule has 2 aliphatic rings. The molecule has 1 heterocycles. The zero-order valence-electron chi connectivity index (χ0n) is 10.6. The number of rotatable bonds is 1. The molecule has 1 aliphatic carbocycles. The summed E-state index contributed by atoms with van der Waals surface area (Å²) in [4.78, 5) is 2.48. The van der Waals surface area contributed by atoms with Gasteiger partial charge in [0.25, 0.3) is 0 Å². The number of likely N-dealkylation sites (N-methyl/N-ethyl adjacent to an activating group) is 1. The van der Waals surface area contributed by atoms with Crippen molar-refractivity contribution in [2.24, 2.45) is 5.92 Å². The van der Waals surface area contributed by atoms with Crippen molar-refractivity contribution in [2.75, 3.05) is 19.6 Å². The first-order valence-corrected chi connectivity index (χ1v) is 6.46. The predicted molar refractivity (Wildman–Crippen MR) is 76.8 cm³/mol. The Hall–Kier alpha value is -0.740. The van der Waals surface area contributed by atoms with Gasteiger partial charge in [-0.25, -0.2) is 0 Å². The van der Waals surface area contributed by atoms with Gasteiger partial charge < -0.3 is 15.1 Å². The Bertz CT molecular complexity index is 450. The molecule has 4 heteroatoms. The lowest BCUT2D eigenvalue weighted by Gasteiger charge is -2.28. The molecule has 0 bridgehead atoms. The Labute approximate surface area is 118 Å². The van der Waals surface area contributed by atoms with E-state index in [1.165, 1.54) is 12.1 Å². The van der Waals surface area contributed by atoms with E-state index in [1.807, 2.05) is 6.07 Å². The summed E-state index contributed by atoms with van der Waals surface area (Å²) in [6.07, 6.45) is 2.03. The first kappa shape index (κ1) is 13.7. The Kier molecular flexibility index (Phi) is 3.87. The molecule has 1 aliphatic heterocycles. The zero-order valence-corrected chi connectivity index (χ0v) is 12.3. The van der Waals surface area contributed by atoms with Crippen molar-refractivity contribution in [3.8, 4) is 11.5 Å². The molecule has 1 aromatic carbocycles. The fourth-order valence-electron chi connectivity index (χ4n) is 3.44. The van der Waals surface area contributed by atoms with Crippen LogP contribution in [0.25, 0.3) is 0 Å². The molecule has 0 radical (unpaired) electrons. The topological polar surface area (TPSA) is 43.7 Å². The molecule has 1 aromatic rings. The number of phenols is 2. The monoisotopic (exact) mass is 313 g/mol. The van der Waals surface area contributed by atoms with Crippen LogP contribution in [0.5, 0.6) is 11.5 Å². The van der Waals surface area contributed by atoms with Crippen LogP contribution < -0.4 is 0 Å². The summed E-state index contributed by atoms with van der Waals surface area (Å²) in [5, 5.41) is 19.5. The van der Waals surface area contributed by atoms with Crippen molar-refractivity contribution in [2.45, 2.75) is 25.7 Å². The van der Waals surface area contributed by atoms with Crippen LogP contribution in [-0.2, 0) is 6.42 Å². The first-order valence-electron chi connectivity index (χ1n) is 6.46. The van der Waals surface area contributed by atoms with E-state index in [1.54, 1.807) is 6.07 Å². The summed E-state index contributed by atoms with van der Waals surface area (Å²) in [7, 11) is 0. The second kappa shape index (κ2) is 5.10. The van der Waals surface area contributed by atoms with Crippen molar-refractivity contribution < 1.29 is 10.2 Å². The molecule has 3 nitrogen and oxygen atoms in total. The number of hydrogen-bond acceptors (Lipinski definition) is 3. The van der Waals surface area contributed by atoms with Gasteiger partial charge in [0.2, 0.25) is 0 Å². The van der Waals surface area contributed by atoms with Gasteiger partial charge in [0, 0.05) is 24.6 Å². The number of benzene rings is 1. The third-order valence-electron chi connectivity index (χ3n) is 4.43. The van der Waals surface area contributed by atoms with Crippen molar-refractivity contribution in [3.63, 3.8) is 0 Å². The van der Waals surface area contributed by atoms with Crippen LogP contribution in [-0.4, -0.2) is 34.7 Å². The highest BCUT2D eigenvalue weighted by Crippen LogP contribution is 2.46. The number of halogens is 1. The number of phenolic OH excluding ortho intramolecular Hbond substituents is 2. The molecule has 2 N–H and O–H groups in total. The molecule has 100 valence electrons. The van der Waals surface area contributed by atoms with Crippen LogP contribution in [0.1, 0.15) is 30.4 Å². The standard InChI is InChI=1S/C14H19NO2.BrH/c1-2-15-7-9-3-4-11-10(12(9)8-15)5-6-13(16)14(11)17;/h5-6,9,12,16-17H,2-4,7-8H2,1H3;1H/t9-,12-;/m1./s1. The predicted octanol–water partition coefficient (Wildman–Crippen LogP) is 2.66. The molecule has 0 unspecified atom stereocenters. The maximum absolute atomic E-state index is 9.92. The van der Waals surface area contributed by atoms with Gasteiger partial charge in [0.1, 0.15) is 0 Å². The van der Waals surface area contributed by atoms with Gasteiger partial charge in [0.15, 0.2) is 11.5 Å². The second-order valence-corrected chi connectivity index (χ2v) is 5.26. The maximum atomic E-state index is 9.92. The normalized spacial score (nSPS) is 26.3. The van der Waals surface area contributed by atoms with Crippen LogP contribution in [0.2, 0.25) is 0 Å². The number of nitrogens with zero attached hydrogens (tertiary/aromatic N) is 1. The van der Waals surface area contributed by atoms with Crippen LogP contribution in [0, 0.1) is 5.92 Å². The van der Waals surface area contributed by atoms with Crippen LogP contribution in [0.3, 0.4) is 0 Å². The third-order valence-corrected chi connectivity index (χ3v) is 4.43. The van der Waals surface area contributed by atoms with E-state index < -0.39 is 0 Å². The molecular weight excluding hydrogens is 294 g/mol. The summed E-state index contributed by atoms with van der Waals surface area (Å²) in [6.45, 7) is 5.58. The highest BCUT2D eigenvalue weighted by atomic mass is 79.9. The molecular formula is C14H20BrNO2. The number of likely N-dealkylation sites (tertiary alicyclic amines) is 1. The second-order valence-electron chi connectivity index (χ2n) is 5.26. The van der Waals surface area contributed by atoms with Gasteiger partial charge in [-0.15, -0.1) is 17.0 Å². The molecule has 0 spiro atoms. The fraction of sp³-hybridized carbons (Fsp3) is 0.571. The highest BCUT2D eigenvalue weighted by molar-refractivity contribution is 8.93. The van der Waals surface area contributed by atoms with E-state index in [0.29, 0.717) is 5.92 Å². The Morgan fingerprint density at radius 2 is 2.06 bits per heavy atom. The summed E-state index contributed by atoms with van der Waals surface area (Å²) < 4.78 is 0. The van der Waals surface area contributed by atoms with Crippen molar-refractivity contribution >= 4 is 17.0 Å². The van der Waals surface area contributed by atoms with E-state index in [4.69, 9.17) is 0 Å². The van der Waals surface area contributed by atoms with Crippen molar-refractivity contribution in [1.82, 2.24) is 4.90 Å². The Morgan fingerprint density at radius 3 is 2.78 bits per heavy atom. The fourth-order valence-corrected chi connectivity index (χ4v) is 3.44. The van der Waals surface area contributed by atoms with Crippen molar-refractivity contribution in [1.29, 1.82) is 0 Å². The third kappa shape index (κ3) is 2.01. The zero-order chi connectivity index (χ0) is 12.0. The summed E-state index contributed by atoms with van der Waals surface area (Å²) in [5.41, 5.74) is 2.23. The number of hydrogen-bond donors (Lipinski definition) is 2. The maximum Gasteiger partial charge on any atom is 0.160 e. The van der Waals surface area contributed by atoms with E-state index in [9.17, 15) is 10.2 Å². The van der Waals surface area contributed by atoms with Gasteiger partial charge in [-0.1, -0.05) is 13.0 Å². The molecule has 1 fully saturated rings. The Balaban J connectivity index is 0.00000120.